The molecule has 0 aliphatic carbocycles. The molecule has 0 atom stereocenters. The maximum Gasteiger partial charge on any atom is 0.248 e. The highest BCUT2D eigenvalue weighted by atomic mass is 16.1. The third-order valence-corrected chi connectivity index (χ3v) is 3.85. The second kappa shape index (κ2) is 6.64. The van der Waals surface area contributed by atoms with Crippen molar-refractivity contribution in [1.82, 2.24) is 20.2 Å². The van der Waals surface area contributed by atoms with Crippen LogP contribution in [0, 0.1) is 13.8 Å². The molecule has 1 aromatic heterocycles. The van der Waals surface area contributed by atoms with Gasteiger partial charge in [-0.05, 0) is 36.8 Å². The third kappa shape index (κ3) is 3.60. The fourth-order valence-electron chi connectivity index (χ4n) is 2.55. The minimum atomic E-state index is -0.498. The average Bonchev–Trinajstić information content (AvgIpc) is 3.03. The van der Waals surface area contributed by atoms with Crippen molar-refractivity contribution < 1.29 is 9.59 Å². The lowest BCUT2D eigenvalue weighted by molar-refractivity contribution is 0.0959. The number of Topliss-reactive ketones (excluding diaryl/α,β-unsaturated/α-hetero) is 1. The van der Waals surface area contributed by atoms with Crippen LogP contribution in [0.25, 0.3) is 11.4 Å². The second-order valence-electron chi connectivity index (χ2n) is 5.83. The number of nitrogens with two attached hydrogens (primary N) is 1. The number of aryl methyl sites for hydroxylation is 2. The molecule has 0 radical (unpaired) electrons. The zero-order chi connectivity index (χ0) is 18.0. The number of hydrogen-bond donors (Lipinski definition) is 1. The van der Waals surface area contributed by atoms with Crippen molar-refractivity contribution in [2.24, 2.45) is 5.73 Å². The molecule has 2 aromatic carbocycles. The van der Waals surface area contributed by atoms with Gasteiger partial charge in [-0.2, -0.15) is 4.80 Å². The van der Waals surface area contributed by atoms with Crippen molar-refractivity contribution in [1.29, 1.82) is 0 Å². The first-order valence-electron chi connectivity index (χ1n) is 7.72. The summed E-state index contributed by atoms with van der Waals surface area (Å²) in [4.78, 5) is 24.8. The van der Waals surface area contributed by atoms with Crippen molar-refractivity contribution >= 4 is 11.7 Å². The standard InChI is InChI=1S/C18H17N5O2/c1-11-3-8-15(12(2)9-11)16(24)10-23-21-18(20-22-23)14-6-4-13(5-7-14)17(19)25/h3-9H,10H2,1-2H3,(H2,19,25). The van der Waals surface area contributed by atoms with Gasteiger partial charge in [0, 0.05) is 16.7 Å². The van der Waals surface area contributed by atoms with Crippen molar-refractivity contribution in [3.05, 3.63) is 64.7 Å². The van der Waals surface area contributed by atoms with Crippen LogP contribution in [0.5, 0.6) is 0 Å². The van der Waals surface area contributed by atoms with E-state index in [1.807, 2.05) is 32.0 Å². The van der Waals surface area contributed by atoms with Gasteiger partial charge in [0.1, 0.15) is 6.54 Å². The fourth-order valence-corrected chi connectivity index (χ4v) is 2.55. The van der Waals surface area contributed by atoms with Crippen molar-refractivity contribution in [3.63, 3.8) is 0 Å². The summed E-state index contributed by atoms with van der Waals surface area (Å²) < 4.78 is 0. The highest BCUT2D eigenvalue weighted by Gasteiger charge is 2.13. The molecular weight excluding hydrogens is 318 g/mol. The van der Waals surface area contributed by atoms with Crippen LogP contribution in [0.2, 0.25) is 0 Å². The van der Waals surface area contributed by atoms with Crippen LogP contribution < -0.4 is 5.73 Å². The Balaban J connectivity index is 1.77. The van der Waals surface area contributed by atoms with Gasteiger partial charge in [0.2, 0.25) is 11.7 Å². The van der Waals surface area contributed by atoms with Crippen LogP contribution in [-0.2, 0) is 6.54 Å². The predicted octanol–water partition coefficient (Wildman–Crippen LogP) is 1.94. The Morgan fingerprint density at radius 3 is 2.44 bits per heavy atom. The van der Waals surface area contributed by atoms with Crippen molar-refractivity contribution in [3.8, 4) is 11.4 Å². The Morgan fingerprint density at radius 1 is 1.08 bits per heavy atom. The number of rotatable bonds is 5. The van der Waals surface area contributed by atoms with E-state index >= 15 is 0 Å². The summed E-state index contributed by atoms with van der Waals surface area (Å²) in [6, 6.07) is 12.3. The Kier molecular flexibility index (Phi) is 4.38. The van der Waals surface area contributed by atoms with E-state index in [1.165, 1.54) is 4.80 Å². The lowest BCUT2D eigenvalue weighted by Gasteiger charge is -2.05. The highest BCUT2D eigenvalue weighted by Crippen LogP contribution is 2.15. The summed E-state index contributed by atoms with van der Waals surface area (Å²) in [5, 5.41) is 12.1. The topological polar surface area (TPSA) is 104 Å². The van der Waals surface area contributed by atoms with Gasteiger partial charge in [0.25, 0.3) is 0 Å². The predicted molar refractivity (Wildman–Crippen MR) is 92.0 cm³/mol. The first-order chi connectivity index (χ1) is 11.9. The molecule has 1 heterocycles. The van der Waals surface area contributed by atoms with Gasteiger partial charge in [0.05, 0.1) is 0 Å². The maximum atomic E-state index is 12.4. The Labute approximate surface area is 144 Å². The SMILES string of the molecule is Cc1ccc(C(=O)Cn2nnc(-c3ccc(C(N)=O)cc3)n2)c(C)c1. The number of tetrazole rings is 1. The van der Waals surface area contributed by atoms with Crippen LogP contribution in [0.15, 0.2) is 42.5 Å². The summed E-state index contributed by atoms with van der Waals surface area (Å²) in [6.07, 6.45) is 0. The molecule has 0 aliphatic rings. The minimum absolute atomic E-state index is 0.0102. The number of carbonyl (C=O) groups is 2. The van der Waals surface area contributed by atoms with E-state index in [2.05, 4.69) is 15.4 Å². The summed E-state index contributed by atoms with van der Waals surface area (Å²) >= 11 is 0. The van der Waals surface area contributed by atoms with Crippen LogP contribution in [0.1, 0.15) is 31.8 Å². The zero-order valence-electron chi connectivity index (χ0n) is 13.9. The Morgan fingerprint density at radius 2 is 1.80 bits per heavy atom. The maximum absolute atomic E-state index is 12.4. The molecule has 0 bridgehead atoms. The van der Waals surface area contributed by atoms with Gasteiger partial charge in [-0.25, -0.2) is 0 Å². The summed E-state index contributed by atoms with van der Waals surface area (Å²) in [5.74, 6) is -0.197. The summed E-state index contributed by atoms with van der Waals surface area (Å²) in [6.45, 7) is 3.90. The molecule has 3 aromatic rings. The number of ketones is 1. The van der Waals surface area contributed by atoms with E-state index in [4.69, 9.17) is 5.73 Å². The molecule has 3 rings (SSSR count). The number of amides is 1. The molecule has 0 saturated carbocycles. The van der Waals surface area contributed by atoms with E-state index in [-0.39, 0.29) is 12.3 Å². The van der Waals surface area contributed by atoms with Gasteiger partial charge in [-0.1, -0.05) is 35.9 Å². The lowest BCUT2D eigenvalue weighted by atomic mass is 10.0. The molecule has 1 amide bonds. The average molecular weight is 335 g/mol. The van der Waals surface area contributed by atoms with E-state index < -0.39 is 5.91 Å². The van der Waals surface area contributed by atoms with Gasteiger partial charge in [0.15, 0.2) is 5.78 Å². The van der Waals surface area contributed by atoms with Gasteiger partial charge >= 0.3 is 0 Å². The van der Waals surface area contributed by atoms with Crippen LogP contribution in [0.3, 0.4) is 0 Å². The molecule has 7 heteroatoms. The number of primary amides is 1. The molecule has 0 spiro atoms. The molecule has 0 aliphatic heterocycles. The zero-order valence-corrected chi connectivity index (χ0v) is 13.9. The number of benzene rings is 2. The molecule has 2 N–H and O–H groups in total. The molecule has 7 nitrogen and oxygen atoms in total. The van der Waals surface area contributed by atoms with Crippen LogP contribution in [0.4, 0.5) is 0 Å². The van der Waals surface area contributed by atoms with Gasteiger partial charge < -0.3 is 5.73 Å². The Bertz CT molecular complexity index is 944. The first kappa shape index (κ1) is 16.5. The molecular formula is C18H17N5O2. The van der Waals surface area contributed by atoms with E-state index in [9.17, 15) is 9.59 Å². The van der Waals surface area contributed by atoms with Gasteiger partial charge in [-0.3, -0.25) is 9.59 Å². The second-order valence-corrected chi connectivity index (χ2v) is 5.83. The molecule has 0 unspecified atom stereocenters. The van der Waals surface area contributed by atoms with Crippen LogP contribution in [-0.4, -0.2) is 31.9 Å². The largest absolute Gasteiger partial charge is 0.366 e. The smallest absolute Gasteiger partial charge is 0.248 e. The molecule has 126 valence electrons. The normalized spacial score (nSPS) is 10.6. The van der Waals surface area contributed by atoms with Gasteiger partial charge in [-0.15, -0.1) is 10.2 Å². The van der Waals surface area contributed by atoms with Crippen LogP contribution >= 0.6 is 0 Å². The van der Waals surface area contributed by atoms with E-state index in [1.54, 1.807) is 24.3 Å². The quantitative estimate of drug-likeness (QED) is 0.718. The number of aromatic nitrogens is 4. The fraction of sp³-hybridized carbons (Fsp3) is 0.167. The van der Waals surface area contributed by atoms with Crippen molar-refractivity contribution in [2.45, 2.75) is 20.4 Å². The number of nitrogens with zero attached hydrogens (tertiary/aromatic N) is 4. The lowest BCUT2D eigenvalue weighted by Crippen LogP contribution is -2.14. The van der Waals surface area contributed by atoms with E-state index in [0.717, 1.165) is 11.1 Å². The summed E-state index contributed by atoms with van der Waals surface area (Å²) in [7, 11) is 0. The highest BCUT2D eigenvalue weighted by molar-refractivity contribution is 5.97. The van der Waals surface area contributed by atoms with Crippen molar-refractivity contribution in [2.75, 3.05) is 0 Å². The molecule has 25 heavy (non-hydrogen) atoms. The molecule has 0 saturated heterocycles. The number of hydrogen-bond acceptors (Lipinski definition) is 5. The number of carbonyl (C=O) groups excluding carboxylic acids is 2. The third-order valence-electron chi connectivity index (χ3n) is 3.85. The Hall–Kier alpha value is -3.35. The first-order valence-corrected chi connectivity index (χ1v) is 7.72. The van der Waals surface area contributed by atoms with E-state index in [0.29, 0.717) is 22.5 Å². The molecule has 0 fully saturated rings. The monoisotopic (exact) mass is 335 g/mol. The minimum Gasteiger partial charge on any atom is -0.366 e. The summed E-state index contributed by atoms with van der Waals surface area (Å²) in [5.41, 5.74) is 8.99.